The number of rotatable bonds is 5. The molecule has 0 bridgehead atoms. The maximum Gasteiger partial charge on any atom is 0.337 e. The second kappa shape index (κ2) is 10.6. The second-order valence-electron chi connectivity index (χ2n) is 5.89. The number of hydrogen-bond acceptors (Lipinski definition) is 5. The van der Waals surface area contributed by atoms with Gasteiger partial charge in [0.1, 0.15) is 5.75 Å². The number of carboxylic acid groups (broad SMARTS) is 2. The Hall–Kier alpha value is -3.84. The summed E-state index contributed by atoms with van der Waals surface area (Å²) in [5.41, 5.74) is 7.12. The van der Waals surface area contributed by atoms with Gasteiger partial charge in [-0.3, -0.25) is 4.99 Å². The predicted octanol–water partition coefficient (Wildman–Crippen LogP) is 4.76. The van der Waals surface area contributed by atoms with Crippen molar-refractivity contribution in [3.05, 3.63) is 88.4 Å². The number of halogens is 1. The van der Waals surface area contributed by atoms with E-state index in [1.165, 1.54) is 24.3 Å². The number of nitrogens with zero attached hydrogens (tertiary/aromatic N) is 1. The van der Waals surface area contributed by atoms with Gasteiger partial charge >= 0.3 is 11.9 Å². The molecule has 0 aliphatic rings. The van der Waals surface area contributed by atoms with Crippen LogP contribution in [-0.2, 0) is 0 Å². The zero-order valence-corrected chi connectivity index (χ0v) is 16.7. The third-order valence-electron chi connectivity index (χ3n) is 3.85. The second-order valence-corrected chi connectivity index (χ2v) is 6.33. The molecule has 0 fully saturated rings. The molecule has 0 atom stereocenters. The highest BCUT2D eigenvalue weighted by atomic mass is 35.5. The summed E-state index contributed by atoms with van der Waals surface area (Å²) in [5, 5.41) is 18.0. The van der Waals surface area contributed by atoms with Crippen LogP contribution >= 0.6 is 11.6 Å². The molecule has 0 unspecified atom stereocenters. The van der Waals surface area contributed by atoms with Gasteiger partial charge in [-0.15, -0.1) is 0 Å². The third kappa shape index (κ3) is 6.35. The Balaban J connectivity index is 0.000000248. The van der Waals surface area contributed by atoms with Gasteiger partial charge in [-0.2, -0.15) is 0 Å². The molecule has 8 heteroatoms. The summed E-state index contributed by atoms with van der Waals surface area (Å²) in [6, 6.07) is 18.3. The van der Waals surface area contributed by atoms with E-state index in [2.05, 4.69) is 4.99 Å². The van der Waals surface area contributed by atoms with E-state index < -0.39 is 11.9 Å². The molecule has 0 aromatic heterocycles. The number of aliphatic imine (C=N–C) groups is 1. The average molecular weight is 427 g/mol. The van der Waals surface area contributed by atoms with Crippen LogP contribution < -0.4 is 10.5 Å². The number of benzene rings is 3. The number of nitrogen functional groups attached to an aromatic ring is 1. The van der Waals surface area contributed by atoms with Crippen molar-refractivity contribution >= 4 is 41.1 Å². The van der Waals surface area contributed by atoms with Gasteiger partial charge in [0.15, 0.2) is 0 Å². The maximum atomic E-state index is 11.0. The van der Waals surface area contributed by atoms with Crippen LogP contribution in [0.2, 0.25) is 5.02 Å². The van der Waals surface area contributed by atoms with Gasteiger partial charge in [-0.05, 0) is 60.2 Å². The number of anilines is 1. The van der Waals surface area contributed by atoms with E-state index in [0.29, 0.717) is 10.7 Å². The van der Waals surface area contributed by atoms with Crippen molar-refractivity contribution in [1.29, 1.82) is 0 Å². The number of carboxylic acids is 2. The van der Waals surface area contributed by atoms with Gasteiger partial charge in [0.05, 0.1) is 23.9 Å². The van der Waals surface area contributed by atoms with E-state index in [1.54, 1.807) is 31.5 Å². The van der Waals surface area contributed by atoms with Gasteiger partial charge in [0.2, 0.25) is 0 Å². The van der Waals surface area contributed by atoms with Crippen LogP contribution in [0, 0.1) is 0 Å². The molecule has 3 aromatic carbocycles. The smallest absolute Gasteiger partial charge is 0.337 e. The summed E-state index contributed by atoms with van der Waals surface area (Å²) in [7, 11) is 1.60. The normalized spacial score (nSPS) is 10.2. The molecule has 3 aromatic rings. The van der Waals surface area contributed by atoms with Crippen LogP contribution in [-0.4, -0.2) is 35.5 Å². The standard InChI is InChI=1S/C15H13NO3.C7H6ClNO2/c1-19-12-8-6-11(7-9-12)10-16-14-5-3-2-4-13(14)15(17)18;8-4-1-2-5(7(10)11)6(9)3-4/h2-10H,1H3,(H,17,18);1-3H,9H2,(H,10,11)/b16-10-;. The van der Waals surface area contributed by atoms with E-state index >= 15 is 0 Å². The highest BCUT2D eigenvalue weighted by molar-refractivity contribution is 6.31. The molecule has 0 aliphatic carbocycles. The molecule has 0 saturated carbocycles. The van der Waals surface area contributed by atoms with Gasteiger partial charge < -0.3 is 20.7 Å². The first-order valence-electron chi connectivity index (χ1n) is 8.60. The molecular formula is C22H19ClN2O5. The Bertz CT molecular complexity index is 1070. The molecule has 0 spiro atoms. The van der Waals surface area contributed by atoms with Crippen molar-refractivity contribution in [3.8, 4) is 5.75 Å². The lowest BCUT2D eigenvalue weighted by Gasteiger charge is -2.01. The summed E-state index contributed by atoms with van der Waals surface area (Å²) in [6.45, 7) is 0. The topological polar surface area (TPSA) is 122 Å². The highest BCUT2D eigenvalue weighted by Crippen LogP contribution is 2.19. The van der Waals surface area contributed by atoms with Crippen LogP contribution in [0.25, 0.3) is 0 Å². The van der Waals surface area contributed by atoms with E-state index in [9.17, 15) is 9.59 Å². The zero-order valence-electron chi connectivity index (χ0n) is 15.9. The van der Waals surface area contributed by atoms with E-state index in [-0.39, 0.29) is 16.8 Å². The SMILES string of the molecule is COc1ccc(/C=N\c2ccccc2C(=O)O)cc1.Nc1cc(Cl)ccc1C(=O)O. The average Bonchev–Trinajstić information content (AvgIpc) is 2.73. The monoisotopic (exact) mass is 426 g/mol. The Morgan fingerprint density at radius 1 is 0.967 bits per heavy atom. The summed E-state index contributed by atoms with van der Waals surface area (Å²) < 4.78 is 5.06. The van der Waals surface area contributed by atoms with Gasteiger partial charge in [0, 0.05) is 16.9 Å². The minimum atomic E-state index is -1.04. The highest BCUT2D eigenvalue weighted by Gasteiger charge is 2.07. The fourth-order valence-corrected chi connectivity index (χ4v) is 2.51. The fraction of sp³-hybridized carbons (Fsp3) is 0.0455. The van der Waals surface area contributed by atoms with Gasteiger partial charge in [0.25, 0.3) is 0 Å². The maximum absolute atomic E-state index is 11.0. The minimum Gasteiger partial charge on any atom is -0.497 e. The number of nitrogens with two attached hydrogens (primary N) is 1. The van der Waals surface area contributed by atoms with Crippen molar-refractivity contribution in [2.75, 3.05) is 12.8 Å². The molecule has 7 nitrogen and oxygen atoms in total. The lowest BCUT2D eigenvalue weighted by molar-refractivity contribution is 0.0687. The van der Waals surface area contributed by atoms with E-state index in [4.69, 9.17) is 32.3 Å². The number of hydrogen-bond donors (Lipinski definition) is 3. The predicted molar refractivity (Wildman–Crippen MR) is 116 cm³/mol. The molecule has 154 valence electrons. The van der Waals surface area contributed by atoms with Crippen LogP contribution in [0.15, 0.2) is 71.7 Å². The lowest BCUT2D eigenvalue weighted by atomic mass is 10.2. The lowest BCUT2D eigenvalue weighted by Crippen LogP contribution is -2.01. The number of carbonyl (C=O) groups is 2. The van der Waals surface area contributed by atoms with Crippen molar-refractivity contribution in [2.45, 2.75) is 0 Å². The van der Waals surface area contributed by atoms with Crippen LogP contribution in [0.4, 0.5) is 11.4 Å². The number of aromatic carboxylic acids is 2. The fourth-order valence-electron chi connectivity index (χ4n) is 2.33. The molecule has 0 amide bonds. The summed E-state index contributed by atoms with van der Waals surface area (Å²) in [4.78, 5) is 25.6. The molecule has 0 radical (unpaired) electrons. The molecule has 4 N–H and O–H groups in total. The summed E-state index contributed by atoms with van der Waals surface area (Å²) in [6.07, 6.45) is 1.63. The molecular weight excluding hydrogens is 408 g/mol. The molecule has 30 heavy (non-hydrogen) atoms. The number of para-hydroxylation sites is 1. The molecule has 0 aliphatic heterocycles. The van der Waals surface area contributed by atoms with Crippen LogP contribution in [0.5, 0.6) is 5.75 Å². The Morgan fingerprint density at radius 3 is 2.17 bits per heavy atom. The number of methoxy groups -OCH3 is 1. The minimum absolute atomic E-state index is 0.0781. The largest absolute Gasteiger partial charge is 0.497 e. The summed E-state index contributed by atoms with van der Waals surface area (Å²) in [5.74, 6) is -1.26. The molecule has 0 heterocycles. The van der Waals surface area contributed by atoms with Crippen molar-refractivity contribution in [2.24, 2.45) is 4.99 Å². The third-order valence-corrected chi connectivity index (χ3v) is 4.08. The first-order valence-corrected chi connectivity index (χ1v) is 8.98. The van der Waals surface area contributed by atoms with Crippen LogP contribution in [0.3, 0.4) is 0 Å². The Morgan fingerprint density at radius 2 is 1.60 bits per heavy atom. The van der Waals surface area contributed by atoms with Crippen molar-refractivity contribution < 1.29 is 24.5 Å². The van der Waals surface area contributed by atoms with E-state index in [1.807, 2.05) is 24.3 Å². The number of ether oxygens (including phenoxy) is 1. The van der Waals surface area contributed by atoms with Crippen molar-refractivity contribution in [3.63, 3.8) is 0 Å². The zero-order chi connectivity index (χ0) is 22.1. The van der Waals surface area contributed by atoms with Crippen molar-refractivity contribution in [1.82, 2.24) is 0 Å². The molecule has 0 saturated heterocycles. The first kappa shape index (κ1) is 22.4. The van der Waals surface area contributed by atoms with Gasteiger partial charge in [-0.1, -0.05) is 23.7 Å². The quantitative estimate of drug-likeness (QED) is 0.399. The first-order chi connectivity index (χ1) is 14.3. The molecule has 3 rings (SSSR count). The van der Waals surface area contributed by atoms with E-state index in [0.717, 1.165) is 11.3 Å². The Kier molecular flexibility index (Phi) is 7.96. The van der Waals surface area contributed by atoms with Gasteiger partial charge in [-0.25, -0.2) is 9.59 Å². The Labute approximate surface area is 178 Å². The summed E-state index contributed by atoms with van der Waals surface area (Å²) >= 11 is 5.55. The van der Waals surface area contributed by atoms with Crippen LogP contribution in [0.1, 0.15) is 26.3 Å².